The molecule has 2 bridgehead atoms. The first-order valence-electron chi connectivity index (χ1n) is 8.78. The normalized spacial score (nSPS) is 36.9. The number of hydrazone groups is 1. The lowest BCUT2D eigenvalue weighted by atomic mass is 9.67. The van der Waals surface area contributed by atoms with E-state index in [1.54, 1.807) is 18.2 Å². The molecule has 1 amide bonds. The highest BCUT2D eigenvalue weighted by atomic mass is 16.3. The lowest BCUT2D eigenvalue weighted by molar-refractivity contribution is 0.0951. The van der Waals surface area contributed by atoms with Gasteiger partial charge in [-0.2, -0.15) is 5.10 Å². The van der Waals surface area contributed by atoms with Gasteiger partial charge in [-0.15, -0.1) is 0 Å². The fraction of sp³-hybridized carbons (Fsp3) is 0.579. The van der Waals surface area contributed by atoms with E-state index < -0.39 is 0 Å². The van der Waals surface area contributed by atoms with Crippen molar-refractivity contribution >= 4 is 11.6 Å². The van der Waals surface area contributed by atoms with E-state index in [2.05, 4.69) is 17.5 Å². The molecular weight excluding hydrogens is 288 g/mol. The molecule has 0 spiro atoms. The number of benzene rings is 1. The number of para-hydroxylation sites is 1. The first-order chi connectivity index (χ1) is 11.1. The molecule has 0 aliphatic heterocycles. The van der Waals surface area contributed by atoms with Crippen LogP contribution in [0.3, 0.4) is 0 Å². The Kier molecular flexibility index (Phi) is 3.63. The van der Waals surface area contributed by atoms with Crippen LogP contribution in [0.2, 0.25) is 0 Å². The summed E-state index contributed by atoms with van der Waals surface area (Å²) in [4.78, 5) is 12.2. The minimum absolute atomic E-state index is 0.00457. The van der Waals surface area contributed by atoms with Crippen molar-refractivity contribution in [2.45, 2.75) is 39.0 Å². The number of amides is 1. The number of fused-ring (bicyclic) bond motifs is 5. The molecule has 0 heterocycles. The number of carbonyl (C=O) groups excluding carboxylic acids is 1. The van der Waals surface area contributed by atoms with Gasteiger partial charge >= 0.3 is 0 Å². The van der Waals surface area contributed by atoms with Crippen molar-refractivity contribution in [1.29, 1.82) is 0 Å². The van der Waals surface area contributed by atoms with Gasteiger partial charge in [-0.05, 0) is 73.8 Å². The van der Waals surface area contributed by atoms with E-state index in [1.165, 1.54) is 31.7 Å². The molecule has 0 radical (unpaired) electrons. The fourth-order valence-corrected chi connectivity index (χ4v) is 5.21. The molecule has 3 fully saturated rings. The highest BCUT2D eigenvalue weighted by molar-refractivity contribution is 5.98. The SMILES string of the molecule is C[C@H]1C[C@H]2[C@@H]3CC[C@@H](C3)[C@H]2CC1=NNC(=O)c1ccccc1O. The van der Waals surface area contributed by atoms with Crippen molar-refractivity contribution in [1.82, 2.24) is 5.43 Å². The number of rotatable bonds is 2. The predicted octanol–water partition coefficient (Wildman–Crippen LogP) is 3.57. The van der Waals surface area contributed by atoms with E-state index in [-0.39, 0.29) is 17.2 Å². The van der Waals surface area contributed by atoms with Gasteiger partial charge in [-0.3, -0.25) is 4.79 Å². The van der Waals surface area contributed by atoms with Gasteiger partial charge in [0.15, 0.2) is 0 Å². The molecule has 23 heavy (non-hydrogen) atoms. The molecule has 1 aromatic rings. The quantitative estimate of drug-likeness (QED) is 0.820. The molecule has 3 saturated carbocycles. The highest BCUT2D eigenvalue weighted by Crippen LogP contribution is 2.57. The fourth-order valence-electron chi connectivity index (χ4n) is 5.21. The van der Waals surface area contributed by atoms with Crippen molar-refractivity contribution in [3.8, 4) is 5.75 Å². The third-order valence-corrected chi connectivity index (χ3v) is 6.36. The maximum atomic E-state index is 12.2. The second kappa shape index (κ2) is 5.66. The van der Waals surface area contributed by atoms with Gasteiger partial charge in [0, 0.05) is 5.71 Å². The van der Waals surface area contributed by atoms with Gasteiger partial charge in [-0.25, -0.2) is 5.43 Å². The van der Waals surface area contributed by atoms with Crippen LogP contribution in [0.5, 0.6) is 5.75 Å². The van der Waals surface area contributed by atoms with E-state index >= 15 is 0 Å². The van der Waals surface area contributed by atoms with E-state index in [1.807, 2.05) is 0 Å². The molecule has 0 unspecified atom stereocenters. The number of nitrogens with zero attached hydrogens (tertiary/aromatic N) is 1. The zero-order chi connectivity index (χ0) is 16.0. The van der Waals surface area contributed by atoms with Gasteiger partial charge < -0.3 is 5.11 Å². The van der Waals surface area contributed by atoms with Crippen LogP contribution >= 0.6 is 0 Å². The Morgan fingerprint density at radius 3 is 2.70 bits per heavy atom. The Hall–Kier alpha value is -1.84. The highest BCUT2D eigenvalue weighted by Gasteiger charge is 2.50. The summed E-state index contributed by atoms with van der Waals surface area (Å²) >= 11 is 0. The van der Waals surface area contributed by atoms with Crippen LogP contribution in [-0.4, -0.2) is 16.7 Å². The van der Waals surface area contributed by atoms with Crippen molar-refractivity contribution in [3.63, 3.8) is 0 Å². The second-order valence-corrected chi connectivity index (χ2v) is 7.56. The van der Waals surface area contributed by atoms with Gasteiger partial charge in [0.1, 0.15) is 5.75 Å². The monoisotopic (exact) mass is 312 g/mol. The van der Waals surface area contributed by atoms with Gasteiger partial charge in [0.2, 0.25) is 0 Å². The largest absolute Gasteiger partial charge is 0.507 e. The number of phenols is 1. The molecule has 3 aliphatic rings. The lowest BCUT2D eigenvalue weighted by Crippen LogP contribution is -2.36. The van der Waals surface area contributed by atoms with Crippen LogP contribution in [0.25, 0.3) is 0 Å². The van der Waals surface area contributed by atoms with Crippen LogP contribution < -0.4 is 5.43 Å². The topological polar surface area (TPSA) is 61.7 Å². The minimum atomic E-state index is -0.335. The number of phenolic OH excluding ortho intramolecular Hbond substituents is 1. The first-order valence-corrected chi connectivity index (χ1v) is 8.78. The Labute approximate surface area is 137 Å². The summed E-state index contributed by atoms with van der Waals surface area (Å²) in [5.41, 5.74) is 4.06. The lowest BCUT2D eigenvalue weighted by Gasteiger charge is -2.38. The van der Waals surface area contributed by atoms with Crippen LogP contribution in [0.15, 0.2) is 29.4 Å². The van der Waals surface area contributed by atoms with Crippen LogP contribution in [0.1, 0.15) is 49.4 Å². The molecule has 4 rings (SSSR count). The smallest absolute Gasteiger partial charge is 0.275 e. The maximum Gasteiger partial charge on any atom is 0.275 e. The number of nitrogens with one attached hydrogen (secondary N) is 1. The van der Waals surface area contributed by atoms with Crippen molar-refractivity contribution in [2.75, 3.05) is 0 Å². The molecule has 0 aromatic heterocycles. The second-order valence-electron chi connectivity index (χ2n) is 7.56. The van der Waals surface area contributed by atoms with Gasteiger partial charge in [0.25, 0.3) is 5.91 Å². The van der Waals surface area contributed by atoms with Crippen LogP contribution in [-0.2, 0) is 0 Å². The number of carbonyl (C=O) groups is 1. The molecule has 5 atom stereocenters. The Balaban J connectivity index is 1.46. The maximum absolute atomic E-state index is 12.2. The Morgan fingerprint density at radius 2 is 1.91 bits per heavy atom. The Morgan fingerprint density at radius 1 is 1.17 bits per heavy atom. The molecule has 0 saturated heterocycles. The molecule has 4 nitrogen and oxygen atoms in total. The standard InChI is InChI=1S/C19H24N2O2/c1-11-8-15-12-6-7-13(9-12)16(15)10-17(11)20-21-19(23)14-4-2-3-5-18(14)22/h2-5,11-13,15-16,22H,6-10H2,1H3,(H,21,23)/t11-,12+,13-,15-,16+/m0/s1. The summed E-state index contributed by atoms with van der Waals surface area (Å²) in [7, 11) is 0. The zero-order valence-corrected chi connectivity index (χ0v) is 13.5. The summed E-state index contributed by atoms with van der Waals surface area (Å²) in [5, 5.41) is 14.2. The van der Waals surface area contributed by atoms with Crippen LogP contribution in [0, 0.1) is 29.6 Å². The van der Waals surface area contributed by atoms with E-state index in [0.717, 1.165) is 35.8 Å². The summed E-state index contributed by atoms with van der Waals surface area (Å²) < 4.78 is 0. The van der Waals surface area contributed by atoms with Crippen LogP contribution in [0.4, 0.5) is 0 Å². The number of aromatic hydroxyl groups is 1. The van der Waals surface area contributed by atoms with E-state index in [0.29, 0.717) is 5.92 Å². The molecule has 4 heteroatoms. The third kappa shape index (κ3) is 2.54. The van der Waals surface area contributed by atoms with Gasteiger partial charge in [-0.1, -0.05) is 19.1 Å². The molecule has 122 valence electrons. The Bertz CT molecular complexity index is 655. The first kappa shape index (κ1) is 14.7. The summed E-state index contributed by atoms with van der Waals surface area (Å²) in [6.45, 7) is 2.23. The predicted molar refractivity (Wildman–Crippen MR) is 89.2 cm³/mol. The van der Waals surface area contributed by atoms with E-state index in [9.17, 15) is 9.90 Å². The summed E-state index contributed by atoms with van der Waals surface area (Å²) in [6.07, 6.45) is 6.48. The zero-order valence-electron chi connectivity index (χ0n) is 13.5. The molecule has 1 aromatic carbocycles. The van der Waals surface area contributed by atoms with Gasteiger partial charge in [0.05, 0.1) is 5.56 Å². The van der Waals surface area contributed by atoms with Crippen molar-refractivity contribution in [2.24, 2.45) is 34.7 Å². The van der Waals surface area contributed by atoms with Crippen molar-refractivity contribution in [3.05, 3.63) is 29.8 Å². The summed E-state index contributed by atoms with van der Waals surface area (Å²) in [5.74, 6) is 3.61. The average Bonchev–Trinajstić information content (AvgIpc) is 3.14. The van der Waals surface area contributed by atoms with E-state index in [4.69, 9.17) is 0 Å². The molecule has 3 aliphatic carbocycles. The molecular formula is C19H24N2O2. The van der Waals surface area contributed by atoms with Crippen molar-refractivity contribution < 1.29 is 9.90 Å². The summed E-state index contributed by atoms with van der Waals surface area (Å²) in [6, 6.07) is 6.58. The minimum Gasteiger partial charge on any atom is -0.507 e. The number of hydrogen-bond acceptors (Lipinski definition) is 3. The molecule has 2 N–H and O–H groups in total. The third-order valence-electron chi connectivity index (χ3n) is 6.36. The number of hydrogen-bond donors (Lipinski definition) is 2. The average molecular weight is 312 g/mol.